The van der Waals surface area contributed by atoms with Gasteiger partial charge in [-0.3, -0.25) is 10.1 Å². The Bertz CT molecular complexity index is 482. The highest BCUT2D eigenvalue weighted by atomic mass is 127. The highest BCUT2D eigenvalue weighted by Crippen LogP contribution is 2.39. The zero-order valence-corrected chi connectivity index (χ0v) is 12.5. The normalized spacial score (nSPS) is 23.0. The number of methoxy groups -OCH3 is 1. The number of rotatable bonds is 3. The second-order valence-electron chi connectivity index (χ2n) is 3.82. The molecule has 18 heavy (non-hydrogen) atoms. The molecule has 0 spiro atoms. The van der Waals surface area contributed by atoms with Crippen LogP contribution in [0.3, 0.4) is 0 Å². The van der Waals surface area contributed by atoms with Crippen molar-refractivity contribution < 1.29 is 19.7 Å². The van der Waals surface area contributed by atoms with E-state index >= 15 is 0 Å². The highest BCUT2D eigenvalue weighted by molar-refractivity contribution is 14.1. The first-order valence-corrected chi connectivity index (χ1v) is 7.32. The molecule has 2 rings (SSSR count). The van der Waals surface area contributed by atoms with Crippen LogP contribution in [0.4, 0.5) is 0 Å². The van der Waals surface area contributed by atoms with E-state index in [1.165, 1.54) is 18.9 Å². The maximum absolute atomic E-state index is 10.9. The Kier molecular flexibility index (Phi) is 4.23. The maximum atomic E-state index is 10.9. The predicted octanol–water partition coefficient (Wildman–Crippen LogP) is 1.79. The number of carbonyl (C=O) groups is 1. The number of phenolic OH excluding ortho intramolecular Hbond substituents is 1. The van der Waals surface area contributed by atoms with E-state index in [1.807, 2.05) is 28.7 Å². The lowest BCUT2D eigenvalue weighted by Gasteiger charge is -2.14. The molecule has 1 fully saturated rings. The van der Waals surface area contributed by atoms with Gasteiger partial charge in [-0.2, -0.15) is 0 Å². The number of carboxylic acid groups (broad SMARTS) is 1. The van der Waals surface area contributed by atoms with Crippen LogP contribution in [0.1, 0.15) is 10.9 Å². The summed E-state index contributed by atoms with van der Waals surface area (Å²) in [5.74, 6) is 0.197. The fraction of sp³-hybridized carbons (Fsp3) is 0.364. The Morgan fingerprint density at radius 3 is 2.89 bits per heavy atom. The lowest BCUT2D eigenvalue weighted by atomic mass is 10.2. The van der Waals surface area contributed by atoms with Crippen LogP contribution in [0, 0.1) is 3.57 Å². The molecule has 1 saturated heterocycles. The summed E-state index contributed by atoms with van der Waals surface area (Å²) >= 11 is 3.55. The van der Waals surface area contributed by atoms with Crippen molar-refractivity contribution in [1.82, 2.24) is 5.32 Å². The SMILES string of the molecule is COc1cc([C@@H]2N[C@@H](C(=O)O)CS2)cc(I)c1O. The van der Waals surface area contributed by atoms with Gasteiger partial charge in [-0.15, -0.1) is 11.8 Å². The number of hydrogen-bond acceptors (Lipinski definition) is 5. The van der Waals surface area contributed by atoms with Crippen LogP contribution in [0.2, 0.25) is 0 Å². The van der Waals surface area contributed by atoms with Crippen LogP contribution < -0.4 is 10.1 Å². The van der Waals surface area contributed by atoms with Crippen LogP contribution >= 0.6 is 34.4 Å². The number of carboxylic acids is 1. The molecule has 0 aliphatic carbocycles. The number of phenols is 1. The smallest absolute Gasteiger partial charge is 0.321 e. The number of aliphatic carboxylic acids is 1. The molecular formula is C11H12INO4S. The number of benzene rings is 1. The third-order valence-electron chi connectivity index (χ3n) is 2.65. The van der Waals surface area contributed by atoms with Crippen molar-refractivity contribution in [1.29, 1.82) is 0 Å². The molecule has 7 heteroatoms. The topological polar surface area (TPSA) is 78.8 Å². The van der Waals surface area contributed by atoms with E-state index < -0.39 is 12.0 Å². The van der Waals surface area contributed by atoms with Crippen molar-refractivity contribution in [3.8, 4) is 11.5 Å². The molecule has 0 radical (unpaired) electrons. The molecule has 0 aromatic heterocycles. The van der Waals surface area contributed by atoms with E-state index in [-0.39, 0.29) is 11.1 Å². The fourth-order valence-electron chi connectivity index (χ4n) is 1.71. The molecule has 98 valence electrons. The van der Waals surface area contributed by atoms with Crippen LogP contribution in [-0.4, -0.2) is 35.1 Å². The predicted molar refractivity (Wildman–Crippen MR) is 77.1 cm³/mol. The summed E-state index contributed by atoms with van der Waals surface area (Å²) in [6.07, 6.45) is 0. The van der Waals surface area contributed by atoms with Gasteiger partial charge >= 0.3 is 5.97 Å². The van der Waals surface area contributed by atoms with Gasteiger partial charge in [0.05, 0.1) is 16.1 Å². The Balaban J connectivity index is 2.25. The third-order valence-corrected chi connectivity index (χ3v) is 4.74. The van der Waals surface area contributed by atoms with E-state index in [4.69, 9.17) is 9.84 Å². The van der Waals surface area contributed by atoms with Crippen molar-refractivity contribution >= 4 is 40.3 Å². The highest BCUT2D eigenvalue weighted by Gasteiger charge is 2.31. The van der Waals surface area contributed by atoms with Gasteiger partial charge in [0.15, 0.2) is 11.5 Å². The summed E-state index contributed by atoms with van der Waals surface area (Å²) < 4.78 is 5.78. The Morgan fingerprint density at radius 1 is 1.61 bits per heavy atom. The molecule has 0 bridgehead atoms. The van der Waals surface area contributed by atoms with Crippen LogP contribution in [0.25, 0.3) is 0 Å². The maximum Gasteiger partial charge on any atom is 0.321 e. The van der Waals surface area contributed by atoms with Crippen LogP contribution in [0.5, 0.6) is 11.5 Å². The zero-order chi connectivity index (χ0) is 13.3. The van der Waals surface area contributed by atoms with Gasteiger partial charge in [-0.05, 0) is 40.3 Å². The minimum atomic E-state index is -0.842. The van der Waals surface area contributed by atoms with Gasteiger partial charge in [0, 0.05) is 5.75 Å². The van der Waals surface area contributed by atoms with Gasteiger partial charge in [0.25, 0.3) is 0 Å². The average molecular weight is 381 g/mol. The summed E-state index contributed by atoms with van der Waals surface area (Å²) in [4.78, 5) is 10.9. The summed E-state index contributed by atoms with van der Waals surface area (Å²) in [6, 6.07) is 3.03. The number of aromatic hydroxyl groups is 1. The van der Waals surface area contributed by atoms with E-state index in [0.29, 0.717) is 15.1 Å². The lowest BCUT2D eigenvalue weighted by Crippen LogP contribution is -2.33. The van der Waals surface area contributed by atoms with Crippen molar-refractivity contribution in [2.75, 3.05) is 12.9 Å². The van der Waals surface area contributed by atoms with Crippen LogP contribution in [0.15, 0.2) is 12.1 Å². The second kappa shape index (κ2) is 5.54. The first kappa shape index (κ1) is 13.8. The molecular weight excluding hydrogens is 369 g/mol. The molecule has 1 aromatic rings. The monoisotopic (exact) mass is 381 g/mol. The average Bonchev–Trinajstić information content (AvgIpc) is 2.82. The largest absolute Gasteiger partial charge is 0.504 e. The zero-order valence-electron chi connectivity index (χ0n) is 9.51. The fourth-order valence-corrected chi connectivity index (χ4v) is 3.55. The minimum absolute atomic E-state index is 0.0888. The van der Waals surface area contributed by atoms with Crippen molar-refractivity contribution in [3.63, 3.8) is 0 Å². The Morgan fingerprint density at radius 2 is 2.33 bits per heavy atom. The number of ether oxygens (including phenoxy) is 1. The quantitative estimate of drug-likeness (QED) is 0.694. The molecule has 0 amide bonds. The van der Waals surface area contributed by atoms with Crippen LogP contribution in [-0.2, 0) is 4.79 Å². The summed E-state index contributed by atoms with van der Waals surface area (Å²) in [6.45, 7) is 0. The summed E-state index contributed by atoms with van der Waals surface area (Å²) in [5.41, 5.74) is 0.905. The van der Waals surface area contributed by atoms with Gasteiger partial charge in [0.1, 0.15) is 6.04 Å². The standard InChI is InChI=1S/C11H12INO4S/c1-17-8-3-5(2-6(12)9(8)14)10-13-7(4-18-10)11(15)16/h2-3,7,10,13-14H,4H2,1H3,(H,15,16)/t7-,10-/m1/s1. The second-order valence-corrected chi connectivity index (χ2v) is 6.12. The summed E-state index contributed by atoms with van der Waals surface area (Å²) in [7, 11) is 1.49. The van der Waals surface area contributed by atoms with Crippen molar-refractivity contribution in [2.24, 2.45) is 0 Å². The first-order chi connectivity index (χ1) is 8.52. The number of nitrogens with one attached hydrogen (secondary N) is 1. The Labute approximate surface area is 122 Å². The number of halogens is 1. The molecule has 2 atom stereocenters. The third kappa shape index (κ3) is 2.67. The van der Waals surface area contributed by atoms with Crippen molar-refractivity contribution in [2.45, 2.75) is 11.4 Å². The lowest BCUT2D eigenvalue weighted by molar-refractivity contribution is -0.138. The molecule has 1 aliphatic rings. The van der Waals surface area contributed by atoms with Gasteiger partial charge in [-0.1, -0.05) is 0 Å². The molecule has 1 heterocycles. The number of hydrogen-bond donors (Lipinski definition) is 3. The molecule has 0 unspecified atom stereocenters. The molecule has 5 nitrogen and oxygen atoms in total. The summed E-state index contributed by atoms with van der Waals surface area (Å²) in [5, 5.41) is 21.6. The number of thioether (sulfide) groups is 1. The molecule has 1 aromatic carbocycles. The molecule has 1 aliphatic heterocycles. The first-order valence-electron chi connectivity index (χ1n) is 5.19. The van der Waals surface area contributed by atoms with E-state index in [2.05, 4.69) is 5.32 Å². The van der Waals surface area contributed by atoms with Crippen molar-refractivity contribution in [3.05, 3.63) is 21.3 Å². The van der Waals surface area contributed by atoms with E-state index in [0.717, 1.165) is 5.56 Å². The van der Waals surface area contributed by atoms with E-state index in [9.17, 15) is 9.90 Å². The van der Waals surface area contributed by atoms with Gasteiger partial charge in [-0.25, -0.2) is 0 Å². The minimum Gasteiger partial charge on any atom is -0.504 e. The van der Waals surface area contributed by atoms with E-state index in [1.54, 1.807) is 6.07 Å². The molecule has 3 N–H and O–H groups in total. The molecule has 0 saturated carbocycles. The van der Waals surface area contributed by atoms with Gasteiger partial charge in [0.2, 0.25) is 0 Å². The Hall–Kier alpha value is -0.670. The van der Waals surface area contributed by atoms with Gasteiger partial charge < -0.3 is 14.9 Å².